The fraction of sp³-hybridized carbons (Fsp3) is 0.350. The van der Waals surface area contributed by atoms with Crippen LogP contribution in [0.3, 0.4) is 0 Å². The molecule has 1 fully saturated rings. The molecule has 1 aliphatic carbocycles. The number of rotatable bonds is 7. The number of nitrogens with one attached hydrogen (secondary N) is 2. The first-order valence-corrected chi connectivity index (χ1v) is 10.8. The molecule has 0 amide bonds. The molecule has 0 aromatic heterocycles. The van der Waals surface area contributed by atoms with Gasteiger partial charge in [0.15, 0.2) is 5.96 Å². The van der Waals surface area contributed by atoms with E-state index >= 15 is 0 Å². The van der Waals surface area contributed by atoms with Gasteiger partial charge in [0.2, 0.25) is 10.0 Å². The molecule has 0 atom stereocenters. The number of sulfonamides is 1. The number of hydrogen-bond donors (Lipinski definition) is 3. The Labute approximate surface area is 165 Å². The molecule has 0 saturated heterocycles. The number of nitrogens with two attached hydrogens (primary N) is 1. The van der Waals surface area contributed by atoms with Gasteiger partial charge in [-0.15, -0.1) is 0 Å². The first-order valence-electron chi connectivity index (χ1n) is 9.22. The predicted octanol–water partition coefficient (Wildman–Crippen LogP) is 2.26. The van der Waals surface area contributed by atoms with Crippen LogP contribution >= 0.6 is 0 Å². The van der Waals surface area contributed by atoms with Gasteiger partial charge in [-0.25, -0.2) is 22.9 Å². The van der Waals surface area contributed by atoms with Crippen molar-refractivity contribution < 1.29 is 12.8 Å². The van der Waals surface area contributed by atoms with Crippen molar-refractivity contribution in [1.82, 2.24) is 10.6 Å². The molecule has 2 aromatic rings. The second kappa shape index (κ2) is 8.28. The van der Waals surface area contributed by atoms with Crippen LogP contribution in [0, 0.1) is 5.82 Å². The summed E-state index contributed by atoms with van der Waals surface area (Å²) in [6.45, 7) is 3.62. The van der Waals surface area contributed by atoms with Crippen molar-refractivity contribution in [3.8, 4) is 0 Å². The highest BCUT2D eigenvalue weighted by atomic mass is 32.2. The standard InChI is InChI=1S/C20H25FN4O2S/c1-2-23-19(24-13-15-5-3-8-18(11-15)28(22,26)27)25-14-20(9-10-20)16-6-4-7-17(21)12-16/h3-8,11-12H,2,9-10,13-14H2,1H3,(H2,22,26,27)(H2,23,24,25). The summed E-state index contributed by atoms with van der Waals surface area (Å²) in [5.41, 5.74) is 1.68. The summed E-state index contributed by atoms with van der Waals surface area (Å²) in [5.74, 6) is 0.408. The zero-order valence-corrected chi connectivity index (χ0v) is 16.6. The quantitative estimate of drug-likeness (QED) is 0.487. The number of guanidine groups is 1. The Balaban J connectivity index is 1.68. The molecule has 0 heterocycles. The molecular formula is C20H25FN4O2S. The number of benzene rings is 2. The van der Waals surface area contributed by atoms with Crippen LogP contribution in [0.25, 0.3) is 0 Å². The molecule has 0 unspecified atom stereocenters. The highest BCUT2D eigenvalue weighted by Gasteiger charge is 2.44. The van der Waals surface area contributed by atoms with Gasteiger partial charge in [-0.3, -0.25) is 0 Å². The number of hydrogen-bond acceptors (Lipinski definition) is 3. The highest BCUT2D eigenvalue weighted by molar-refractivity contribution is 7.89. The lowest BCUT2D eigenvalue weighted by Gasteiger charge is -2.19. The number of primary sulfonamides is 1. The van der Waals surface area contributed by atoms with E-state index in [9.17, 15) is 12.8 Å². The summed E-state index contributed by atoms with van der Waals surface area (Å²) in [6, 6.07) is 13.2. The first kappa shape index (κ1) is 20.3. The van der Waals surface area contributed by atoms with Gasteiger partial charge in [0, 0.05) is 18.5 Å². The lowest BCUT2D eigenvalue weighted by atomic mass is 9.96. The lowest BCUT2D eigenvalue weighted by molar-refractivity contribution is 0.597. The maximum atomic E-state index is 13.6. The van der Waals surface area contributed by atoms with Crippen LogP contribution in [-0.4, -0.2) is 27.5 Å². The van der Waals surface area contributed by atoms with Gasteiger partial charge in [-0.05, 0) is 55.2 Å². The Morgan fingerprint density at radius 2 is 1.93 bits per heavy atom. The third-order valence-electron chi connectivity index (χ3n) is 4.88. The van der Waals surface area contributed by atoms with Crippen LogP contribution in [-0.2, 0) is 22.0 Å². The largest absolute Gasteiger partial charge is 0.357 e. The van der Waals surface area contributed by atoms with E-state index in [2.05, 4.69) is 15.6 Å². The first-order chi connectivity index (χ1) is 13.3. The zero-order chi connectivity index (χ0) is 20.2. The van der Waals surface area contributed by atoms with Crippen LogP contribution in [0.1, 0.15) is 30.9 Å². The molecule has 8 heteroatoms. The van der Waals surface area contributed by atoms with Crippen molar-refractivity contribution in [2.75, 3.05) is 13.1 Å². The molecule has 1 aliphatic rings. The van der Waals surface area contributed by atoms with Gasteiger partial charge >= 0.3 is 0 Å². The fourth-order valence-corrected chi connectivity index (χ4v) is 3.71. The summed E-state index contributed by atoms with van der Waals surface area (Å²) >= 11 is 0. The van der Waals surface area contributed by atoms with E-state index in [0.29, 0.717) is 25.6 Å². The lowest BCUT2D eigenvalue weighted by Crippen LogP contribution is -2.41. The SMILES string of the molecule is CCNC(=NCc1cccc(S(N)(=O)=O)c1)NCC1(c2cccc(F)c2)CC1. The monoisotopic (exact) mass is 404 g/mol. The third kappa shape index (κ3) is 5.08. The minimum Gasteiger partial charge on any atom is -0.357 e. The summed E-state index contributed by atoms with van der Waals surface area (Å²) in [4.78, 5) is 4.60. The molecule has 3 rings (SSSR count). The van der Waals surface area contributed by atoms with Crippen LogP contribution < -0.4 is 15.8 Å². The van der Waals surface area contributed by atoms with E-state index in [1.165, 1.54) is 18.2 Å². The molecule has 1 saturated carbocycles. The second-order valence-corrected chi connectivity index (χ2v) is 8.59. The van der Waals surface area contributed by atoms with E-state index in [-0.39, 0.29) is 16.1 Å². The molecule has 2 aromatic carbocycles. The van der Waals surface area contributed by atoms with Crippen LogP contribution in [0.15, 0.2) is 58.4 Å². The topological polar surface area (TPSA) is 96.6 Å². The Hall–Kier alpha value is -2.45. The molecule has 0 spiro atoms. The van der Waals surface area contributed by atoms with E-state index in [1.54, 1.807) is 24.3 Å². The number of aliphatic imine (C=N–C) groups is 1. The predicted molar refractivity (Wildman–Crippen MR) is 108 cm³/mol. The van der Waals surface area contributed by atoms with Crippen molar-refractivity contribution >= 4 is 16.0 Å². The van der Waals surface area contributed by atoms with Gasteiger partial charge in [0.1, 0.15) is 5.82 Å². The van der Waals surface area contributed by atoms with Gasteiger partial charge < -0.3 is 10.6 Å². The molecule has 28 heavy (non-hydrogen) atoms. The van der Waals surface area contributed by atoms with Crippen LogP contribution in [0.4, 0.5) is 4.39 Å². The molecule has 0 bridgehead atoms. The average molecular weight is 405 g/mol. The maximum absolute atomic E-state index is 13.6. The van der Waals surface area contributed by atoms with Crippen molar-refractivity contribution in [3.05, 3.63) is 65.5 Å². The van der Waals surface area contributed by atoms with Crippen molar-refractivity contribution in [2.45, 2.75) is 36.6 Å². The Kier molecular flexibility index (Phi) is 6.00. The summed E-state index contributed by atoms with van der Waals surface area (Å²) < 4.78 is 36.6. The van der Waals surface area contributed by atoms with Crippen molar-refractivity contribution in [1.29, 1.82) is 0 Å². The van der Waals surface area contributed by atoms with Gasteiger partial charge in [0.05, 0.1) is 11.4 Å². The molecule has 150 valence electrons. The normalized spacial score (nSPS) is 15.9. The molecule has 6 nitrogen and oxygen atoms in total. The second-order valence-electron chi connectivity index (χ2n) is 7.03. The Morgan fingerprint density at radius 3 is 2.57 bits per heavy atom. The van der Waals surface area contributed by atoms with Crippen molar-refractivity contribution in [3.63, 3.8) is 0 Å². The van der Waals surface area contributed by atoms with Crippen LogP contribution in [0.2, 0.25) is 0 Å². The average Bonchev–Trinajstić information content (AvgIpc) is 3.45. The van der Waals surface area contributed by atoms with Crippen LogP contribution in [0.5, 0.6) is 0 Å². The smallest absolute Gasteiger partial charge is 0.238 e. The molecular weight excluding hydrogens is 379 g/mol. The Bertz CT molecular complexity index is 972. The van der Waals surface area contributed by atoms with Gasteiger partial charge in [-0.2, -0.15) is 0 Å². The summed E-state index contributed by atoms with van der Waals surface area (Å²) in [7, 11) is -3.74. The minimum atomic E-state index is -3.74. The fourth-order valence-electron chi connectivity index (χ4n) is 3.12. The van der Waals surface area contributed by atoms with Crippen molar-refractivity contribution in [2.24, 2.45) is 10.1 Å². The molecule has 0 aliphatic heterocycles. The molecule has 4 N–H and O–H groups in total. The number of nitrogens with zero attached hydrogens (tertiary/aromatic N) is 1. The summed E-state index contributed by atoms with van der Waals surface area (Å²) in [6.07, 6.45) is 2.00. The van der Waals surface area contributed by atoms with E-state index in [4.69, 9.17) is 5.14 Å². The minimum absolute atomic E-state index is 0.0637. The maximum Gasteiger partial charge on any atom is 0.238 e. The van der Waals surface area contributed by atoms with E-state index in [1.807, 2.05) is 13.0 Å². The third-order valence-corrected chi connectivity index (χ3v) is 5.79. The van der Waals surface area contributed by atoms with Gasteiger partial charge in [0.25, 0.3) is 0 Å². The highest BCUT2D eigenvalue weighted by Crippen LogP contribution is 2.47. The van der Waals surface area contributed by atoms with E-state index < -0.39 is 10.0 Å². The van der Waals surface area contributed by atoms with E-state index in [0.717, 1.165) is 24.0 Å². The Morgan fingerprint density at radius 1 is 1.18 bits per heavy atom. The molecule has 0 radical (unpaired) electrons. The summed E-state index contributed by atoms with van der Waals surface area (Å²) in [5, 5.41) is 11.7. The van der Waals surface area contributed by atoms with Gasteiger partial charge in [-0.1, -0.05) is 24.3 Å². The number of halogens is 1. The zero-order valence-electron chi connectivity index (χ0n) is 15.8.